The van der Waals surface area contributed by atoms with E-state index in [4.69, 9.17) is 4.74 Å². The van der Waals surface area contributed by atoms with Crippen LogP contribution in [0, 0.1) is 0 Å². The average Bonchev–Trinajstić information content (AvgIpc) is 3.18. The first kappa shape index (κ1) is 17.4. The summed E-state index contributed by atoms with van der Waals surface area (Å²) in [6.07, 6.45) is 3.22. The fourth-order valence-corrected chi connectivity index (χ4v) is 2.66. The van der Waals surface area contributed by atoms with Crippen molar-refractivity contribution in [1.29, 1.82) is 0 Å². The van der Waals surface area contributed by atoms with Gasteiger partial charge in [-0.05, 0) is 30.3 Å². The van der Waals surface area contributed by atoms with E-state index in [9.17, 15) is 4.79 Å². The van der Waals surface area contributed by atoms with E-state index in [1.165, 1.54) is 6.92 Å². The maximum Gasteiger partial charge on any atom is 0.221 e. The van der Waals surface area contributed by atoms with E-state index in [0.29, 0.717) is 28.7 Å². The van der Waals surface area contributed by atoms with Crippen molar-refractivity contribution in [3.8, 4) is 17.3 Å². The Labute approximate surface area is 160 Å². The lowest BCUT2D eigenvalue weighted by molar-refractivity contribution is -0.114. The highest BCUT2D eigenvalue weighted by molar-refractivity contribution is 5.89. The van der Waals surface area contributed by atoms with Crippen molar-refractivity contribution in [3.05, 3.63) is 48.9 Å². The van der Waals surface area contributed by atoms with E-state index in [2.05, 4.69) is 35.6 Å². The molecule has 0 spiro atoms. The largest absolute Gasteiger partial charge is 0.481 e. The van der Waals surface area contributed by atoms with Gasteiger partial charge in [-0.15, -0.1) is 0 Å². The summed E-state index contributed by atoms with van der Waals surface area (Å²) in [6, 6.07) is 10.9. The van der Waals surface area contributed by atoms with Crippen molar-refractivity contribution in [2.75, 3.05) is 17.7 Å². The maximum atomic E-state index is 11.2. The van der Waals surface area contributed by atoms with Crippen molar-refractivity contribution in [2.45, 2.75) is 6.92 Å². The van der Waals surface area contributed by atoms with Gasteiger partial charge in [-0.2, -0.15) is 0 Å². The number of nitrogens with one attached hydrogen (secondary N) is 3. The van der Waals surface area contributed by atoms with Gasteiger partial charge in [-0.25, -0.2) is 19.9 Å². The summed E-state index contributed by atoms with van der Waals surface area (Å²) in [5.74, 6) is 1.48. The molecule has 0 saturated carbocycles. The van der Waals surface area contributed by atoms with Gasteiger partial charge in [-0.3, -0.25) is 4.79 Å². The van der Waals surface area contributed by atoms with Crippen molar-refractivity contribution in [2.24, 2.45) is 0 Å². The topological polar surface area (TPSA) is 118 Å². The molecule has 0 saturated heterocycles. The molecule has 1 amide bonds. The Kier molecular flexibility index (Phi) is 4.55. The third-order valence-corrected chi connectivity index (χ3v) is 3.96. The van der Waals surface area contributed by atoms with Gasteiger partial charge in [0.1, 0.15) is 5.52 Å². The van der Waals surface area contributed by atoms with Crippen LogP contribution >= 0.6 is 0 Å². The van der Waals surface area contributed by atoms with E-state index >= 15 is 0 Å². The molecule has 140 valence electrons. The Hall–Kier alpha value is -4.01. The number of carbonyl (C=O) groups is 1. The summed E-state index contributed by atoms with van der Waals surface area (Å²) in [6.45, 7) is 1.47. The summed E-state index contributed by atoms with van der Waals surface area (Å²) in [7, 11) is 1.56. The molecule has 3 heterocycles. The Bertz CT molecular complexity index is 1120. The number of carbonyl (C=O) groups excluding carboxylic acids is 1. The fraction of sp³-hybridized carbons (Fsp3) is 0.105. The average molecular weight is 375 g/mol. The van der Waals surface area contributed by atoms with Gasteiger partial charge in [0.25, 0.3) is 0 Å². The molecule has 28 heavy (non-hydrogen) atoms. The van der Waals surface area contributed by atoms with E-state index in [1.54, 1.807) is 25.7 Å². The van der Waals surface area contributed by atoms with E-state index in [-0.39, 0.29) is 5.91 Å². The van der Waals surface area contributed by atoms with Crippen molar-refractivity contribution < 1.29 is 9.53 Å². The van der Waals surface area contributed by atoms with Crippen LogP contribution in [0.3, 0.4) is 0 Å². The SMILES string of the molecule is COc1ccc(-c2nc(Nc3ccc(NC(C)=O)cc3)c3[nH]cnc3n2)cn1. The van der Waals surface area contributed by atoms with E-state index in [1.807, 2.05) is 30.3 Å². The van der Waals surface area contributed by atoms with Crippen LogP contribution in [0.25, 0.3) is 22.6 Å². The lowest BCUT2D eigenvalue weighted by Crippen LogP contribution is -2.05. The third-order valence-electron chi connectivity index (χ3n) is 3.96. The quantitative estimate of drug-likeness (QED) is 0.490. The van der Waals surface area contributed by atoms with Gasteiger partial charge < -0.3 is 20.4 Å². The molecule has 0 atom stereocenters. The monoisotopic (exact) mass is 375 g/mol. The second kappa shape index (κ2) is 7.31. The molecule has 9 nitrogen and oxygen atoms in total. The van der Waals surface area contributed by atoms with Gasteiger partial charge in [0, 0.05) is 36.1 Å². The first-order chi connectivity index (χ1) is 13.6. The molecule has 0 bridgehead atoms. The summed E-state index contributed by atoms with van der Waals surface area (Å²) >= 11 is 0. The van der Waals surface area contributed by atoms with Crippen LogP contribution in [0.5, 0.6) is 5.88 Å². The first-order valence-corrected chi connectivity index (χ1v) is 8.48. The number of rotatable bonds is 5. The zero-order valence-electron chi connectivity index (χ0n) is 15.2. The number of fused-ring (bicyclic) bond motifs is 1. The highest BCUT2D eigenvalue weighted by Gasteiger charge is 2.12. The number of hydrogen-bond acceptors (Lipinski definition) is 7. The molecule has 4 rings (SSSR count). The number of aromatic nitrogens is 5. The molecule has 9 heteroatoms. The second-order valence-corrected chi connectivity index (χ2v) is 5.97. The Morgan fingerprint density at radius 1 is 1.04 bits per heavy atom. The Morgan fingerprint density at radius 2 is 1.82 bits per heavy atom. The number of methoxy groups -OCH3 is 1. The third kappa shape index (κ3) is 3.58. The molecule has 0 aliphatic rings. The van der Waals surface area contributed by atoms with Gasteiger partial charge in [-0.1, -0.05) is 0 Å². The zero-order chi connectivity index (χ0) is 19.5. The van der Waals surface area contributed by atoms with Crippen molar-refractivity contribution in [3.63, 3.8) is 0 Å². The number of ether oxygens (including phenoxy) is 1. The molecule has 0 unspecified atom stereocenters. The fourth-order valence-electron chi connectivity index (χ4n) is 2.66. The predicted octanol–water partition coefficient (Wildman–Crippen LogP) is 3.13. The number of pyridine rings is 1. The van der Waals surface area contributed by atoms with Crippen molar-refractivity contribution in [1.82, 2.24) is 24.9 Å². The number of imidazole rings is 1. The van der Waals surface area contributed by atoms with Crippen LogP contribution < -0.4 is 15.4 Å². The second-order valence-electron chi connectivity index (χ2n) is 5.97. The molecular weight excluding hydrogens is 358 g/mol. The van der Waals surface area contributed by atoms with Crippen LogP contribution in [0.2, 0.25) is 0 Å². The highest BCUT2D eigenvalue weighted by Crippen LogP contribution is 2.26. The summed E-state index contributed by atoms with van der Waals surface area (Å²) in [5, 5.41) is 6.00. The van der Waals surface area contributed by atoms with Crippen LogP contribution in [0.15, 0.2) is 48.9 Å². The number of aromatic amines is 1. The molecule has 0 fully saturated rings. The van der Waals surface area contributed by atoms with Crippen LogP contribution in [0.1, 0.15) is 6.92 Å². The summed E-state index contributed by atoms with van der Waals surface area (Å²) in [5.41, 5.74) is 3.50. The number of benzene rings is 1. The highest BCUT2D eigenvalue weighted by atomic mass is 16.5. The molecule has 4 aromatic rings. The number of hydrogen-bond donors (Lipinski definition) is 3. The van der Waals surface area contributed by atoms with Crippen LogP contribution in [-0.2, 0) is 4.79 Å². The molecule has 3 N–H and O–H groups in total. The smallest absolute Gasteiger partial charge is 0.221 e. The van der Waals surface area contributed by atoms with E-state index < -0.39 is 0 Å². The first-order valence-electron chi connectivity index (χ1n) is 8.48. The molecule has 0 aliphatic heterocycles. The normalized spacial score (nSPS) is 10.6. The molecule has 0 radical (unpaired) electrons. The lowest BCUT2D eigenvalue weighted by atomic mass is 10.2. The Balaban J connectivity index is 1.67. The minimum Gasteiger partial charge on any atom is -0.481 e. The minimum atomic E-state index is -0.117. The number of H-pyrrole nitrogens is 1. The predicted molar refractivity (Wildman–Crippen MR) is 105 cm³/mol. The van der Waals surface area contributed by atoms with Gasteiger partial charge >= 0.3 is 0 Å². The van der Waals surface area contributed by atoms with Gasteiger partial charge in [0.2, 0.25) is 11.8 Å². The molecule has 3 aromatic heterocycles. The Morgan fingerprint density at radius 3 is 2.50 bits per heavy atom. The maximum absolute atomic E-state index is 11.2. The molecule has 1 aromatic carbocycles. The summed E-state index contributed by atoms with van der Waals surface area (Å²) < 4.78 is 5.09. The van der Waals surface area contributed by atoms with Crippen LogP contribution in [0.4, 0.5) is 17.2 Å². The molecular formula is C19H17N7O2. The minimum absolute atomic E-state index is 0.117. The molecule has 0 aliphatic carbocycles. The van der Waals surface area contributed by atoms with Crippen molar-refractivity contribution >= 4 is 34.3 Å². The van der Waals surface area contributed by atoms with Gasteiger partial charge in [0.05, 0.1) is 13.4 Å². The van der Waals surface area contributed by atoms with Gasteiger partial charge in [0.15, 0.2) is 17.3 Å². The summed E-state index contributed by atoms with van der Waals surface area (Å²) in [4.78, 5) is 31.8. The van der Waals surface area contributed by atoms with E-state index in [0.717, 1.165) is 16.9 Å². The van der Waals surface area contributed by atoms with Crippen LogP contribution in [-0.4, -0.2) is 37.9 Å². The number of anilines is 3. The zero-order valence-corrected chi connectivity index (χ0v) is 15.2. The number of nitrogens with zero attached hydrogens (tertiary/aromatic N) is 4. The number of amides is 1. The lowest BCUT2D eigenvalue weighted by Gasteiger charge is -2.10. The standard InChI is InChI=1S/C19H17N7O2/c1-11(27)23-13-4-6-14(7-5-13)24-19-16-18(22-10-21-16)25-17(26-19)12-3-8-15(28-2)20-9-12/h3-10H,1-2H3,(H,23,27)(H2,21,22,24,25,26).